The Labute approximate surface area is 127 Å². The number of carbonyl (C=O) groups excluding carboxylic acids is 1. The van der Waals surface area contributed by atoms with Crippen LogP contribution in [0.1, 0.15) is 33.6 Å². The summed E-state index contributed by atoms with van der Waals surface area (Å²) in [7, 11) is 1.27. The van der Waals surface area contributed by atoms with Crippen LogP contribution in [-0.4, -0.2) is 34.1 Å². The maximum absolute atomic E-state index is 13.4. The average molecular weight is 304 g/mol. The number of aliphatic hydroxyl groups excluding tert-OH is 1. The van der Waals surface area contributed by atoms with Gasteiger partial charge in [-0.3, -0.25) is 4.68 Å². The van der Waals surface area contributed by atoms with E-state index in [0.717, 1.165) is 24.1 Å². The molecule has 22 heavy (non-hydrogen) atoms. The maximum atomic E-state index is 13.4. The van der Waals surface area contributed by atoms with Crippen molar-refractivity contribution in [2.24, 2.45) is 0 Å². The molecule has 0 saturated carbocycles. The third-order valence-electron chi connectivity index (χ3n) is 4.01. The Morgan fingerprint density at radius 2 is 2.36 bits per heavy atom. The summed E-state index contributed by atoms with van der Waals surface area (Å²) in [6.45, 7) is 0.340. The summed E-state index contributed by atoms with van der Waals surface area (Å²) in [6.07, 6.45) is 3.51. The summed E-state index contributed by atoms with van der Waals surface area (Å²) in [4.78, 5) is 11.8. The number of ether oxygens (including phenoxy) is 1. The lowest BCUT2D eigenvalue weighted by Crippen LogP contribution is -2.21. The number of aryl methyl sites for hydroxylation is 1. The standard InChI is InChI=1S/C16H17FN2O3/c1-22-16(21)14-6-12(17)4-2-11(14)9-19-15-7-13(20)5-3-10(15)8-18-19/h2,4,6,8,13,20H,3,5,7,9H2,1H3/t13-/m0/s1. The van der Waals surface area contributed by atoms with E-state index < -0.39 is 11.8 Å². The van der Waals surface area contributed by atoms with Gasteiger partial charge < -0.3 is 9.84 Å². The fourth-order valence-electron chi connectivity index (χ4n) is 2.83. The van der Waals surface area contributed by atoms with Crippen molar-refractivity contribution in [1.82, 2.24) is 9.78 Å². The smallest absolute Gasteiger partial charge is 0.338 e. The molecule has 116 valence electrons. The number of methoxy groups -OCH3 is 1. The zero-order chi connectivity index (χ0) is 15.7. The average Bonchev–Trinajstić information content (AvgIpc) is 2.90. The van der Waals surface area contributed by atoms with Gasteiger partial charge in [0.05, 0.1) is 31.5 Å². The minimum absolute atomic E-state index is 0.197. The molecule has 1 aromatic heterocycles. The number of fused-ring (bicyclic) bond motifs is 1. The molecule has 0 fully saturated rings. The first kappa shape index (κ1) is 14.7. The third kappa shape index (κ3) is 2.74. The SMILES string of the molecule is COC(=O)c1cc(F)ccc1Cn1ncc2c1C[C@@H](O)CC2. The Kier molecular flexibility index (Phi) is 3.94. The van der Waals surface area contributed by atoms with Crippen molar-refractivity contribution in [2.45, 2.75) is 31.9 Å². The molecular formula is C16H17FN2O3. The van der Waals surface area contributed by atoms with E-state index in [-0.39, 0.29) is 11.7 Å². The van der Waals surface area contributed by atoms with Crippen LogP contribution < -0.4 is 0 Å². The molecule has 0 bridgehead atoms. The highest BCUT2D eigenvalue weighted by Crippen LogP contribution is 2.23. The lowest BCUT2D eigenvalue weighted by molar-refractivity contribution is 0.0598. The Morgan fingerprint density at radius 3 is 3.14 bits per heavy atom. The second kappa shape index (κ2) is 5.88. The van der Waals surface area contributed by atoms with Crippen molar-refractivity contribution in [3.63, 3.8) is 0 Å². The summed E-state index contributed by atoms with van der Waals surface area (Å²) in [5.41, 5.74) is 2.92. The molecule has 2 aromatic rings. The number of aliphatic hydroxyl groups is 1. The zero-order valence-corrected chi connectivity index (χ0v) is 12.3. The van der Waals surface area contributed by atoms with Crippen LogP contribution in [0.5, 0.6) is 0 Å². The number of esters is 1. The molecule has 5 nitrogen and oxygen atoms in total. The zero-order valence-electron chi connectivity index (χ0n) is 12.3. The molecule has 1 aliphatic rings. The molecule has 1 aromatic carbocycles. The van der Waals surface area contributed by atoms with Crippen molar-refractivity contribution in [2.75, 3.05) is 7.11 Å². The van der Waals surface area contributed by atoms with Crippen molar-refractivity contribution in [3.05, 3.63) is 52.6 Å². The molecule has 0 radical (unpaired) electrons. The predicted molar refractivity (Wildman–Crippen MR) is 77.1 cm³/mol. The Balaban J connectivity index is 1.94. The molecular weight excluding hydrogens is 287 g/mol. The van der Waals surface area contributed by atoms with Gasteiger partial charge in [-0.1, -0.05) is 6.07 Å². The van der Waals surface area contributed by atoms with E-state index in [4.69, 9.17) is 4.74 Å². The number of benzene rings is 1. The number of nitrogens with zero attached hydrogens (tertiary/aromatic N) is 2. The Hall–Kier alpha value is -2.21. The van der Waals surface area contributed by atoms with Gasteiger partial charge in [0, 0.05) is 12.1 Å². The largest absolute Gasteiger partial charge is 0.465 e. The molecule has 0 amide bonds. The topological polar surface area (TPSA) is 64.4 Å². The molecule has 0 unspecified atom stereocenters. The fraction of sp³-hybridized carbons (Fsp3) is 0.375. The van der Waals surface area contributed by atoms with E-state index in [0.29, 0.717) is 18.5 Å². The highest BCUT2D eigenvalue weighted by Gasteiger charge is 2.22. The van der Waals surface area contributed by atoms with Crippen LogP contribution in [0, 0.1) is 5.82 Å². The predicted octanol–water partition coefficient (Wildman–Crippen LogP) is 1.71. The van der Waals surface area contributed by atoms with Crippen LogP contribution in [0.3, 0.4) is 0 Å². The molecule has 6 heteroatoms. The summed E-state index contributed by atoms with van der Waals surface area (Å²) in [6, 6.07) is 4.05. The lowest BCUT2D eigenvalue weighted by Gasteiger charge is -2.19. The van der Waals surface area contributed by atoms with E-state index >= 15 is 0 Å². The van der Waals surface area contributed by atoms with E-state index in [1.54, 1.807) is 16.9 Å². The second-order valence-corrected chi connectivity index (χ2v) is 5.46. The van der Waals surface area contributed by atoms with E-state index in [1.165, 1.54) is 19.2 Å². The monoisotopic (exact) mass is 304 g/mol. The van der Waals surface area contributed by atoms with Crippen LogP contribution in [0.15, 0.2) is 24.4 Å². The van der Waals surface area contributed by atoms with Gasteiger partial charge >= 0.3 is 5.97 Å². The number of carbonyl (C=O) groups is 1. The van der Waals surface area contributed by atoms with Crippen LogP contribution in [0.25, 0.3) is 0 Å². The number of hydrogen-bond donors (Lipinski definition) is 1. The van der Waals surface area contributed by atoms with E-state index in [2.05, 4.69) is 5.10 Å². The number of hydrogen-bond acceptors (Lipinski definition) is 4. The van der Waals surface area contributed by atoms with Gasteiger partial charge in [-0.15, -0.1) is 0 Å². The van der Waals surface area contributed by atoms with Gasteiger partial charge in [0.25, 0.3) is 0 Å². The second-order valence-electron chi connectivity index (χ2n) is 5.46. The first-order valence-corrected chi connectivity index (χ1v) is 7.17. The minimum Gasteiger partial charge on any atom is -0.465 e. The van der Waals surface area contributed by atoms with Crippen molar-refractivity contribution < 1.29 is 19.0 Å². The number of aromatic nitrogens is 2. The number of halogens is 1. The fourth-order valence-corrected chi connectivity index (χ4v) is 2.83. The highest BCUT2D eigenvalue weighted by atomic mass is 19.1. The van der Waals surface area contributed by atoms with Gasteiger partial charge in [0.2, 0.25) is 0 Å². The normalized spacial score (nSPS) is 17.1. The van der Waals surface area contributed by atoms with E-state index in [9.17, 15) is 14.3 Å². The quantitative estimate of drug-likeness (QED) is 0.877. The van der Waals surface area contributed by atoms with E-state index in [1.807, 2.05) is 0 Å². The van der Waals surface area contributed by atoms with Gasteiger partial charge in [-0.05, 0) is 36.1 Å². The summed E-state index contributed by atoms with van der Waals surface area (Å²) in [5, 5.41) is 14.2. The molecule has 1 N–H and O–H groups in total. The third-order valence-corrected chi connectivity index (χ3v) is 4.01. The maximum Gasteiger partial charge on any atom is 0.338 e. The molecule has 1 aliphatic carbocycles. The minimum atomic E-state index is -0.574. The highest BCUT2D eigenvalue weighted by molar-refractivity contribution is 5.91. The molecule has 3 rings (SSSR count). The first-order valence-electron chi connectivity index (χ1n) is 7.17. The number of rotatable bonds is 3. The summed E-state index contributed by atoms with van der Waals surface area (Å²) >= 11 is 0. The van der Waals surface area contributed by atoms with Crippen molar-refractivity contribution in [3.8, 4) is 0 Å². The molecule has 1 atom stereocenters. The van der Waals surface area contributed by atoms with Gasteiger partial charge in [-0.2, -0.15) is 5.10 Å². The molecule has 0 saturated heterocycles. The molecule has 0 aliphatic heterocycles. The summed E-state index contributed by atoms with van der Waals surface area (Å²) < 4.78 is 19.9. The first-order chi connectivity index (χ1) is 10.6. The van der Waals surface area contributed by atoms with Crippen molar-refractivity contribution in [1.29, 1.82) is 0 Å². The van der Waals surface area contributed by atoms with Crippen molar-refractivity contribution >= 4 is 5.97 Å². The molecule has 1 heterocycles. The van der Waals surface area contributed by atoms with Crippen LogP contribution in [0.4, 0.5) is 4.39 Å². The van der Waals surface area contributed by atoms with Crippen LogP contribution in [-0.2, 0) is 24.1 Å². The Bertz CT molecular complexity index is 711. The van der Waals surface area contributed by atoms with Gasteiger partial charge in [0.15, 0.2) is 0 Å². The van der Waals surface area contributed by atoms with Gasteiger partial charge in [0.1, 0.15) is 5.82 Å². The molecule has 0 spiro atoms. The lowest BCUT2D eigenvalue weighted by atomic mass is 9.95. The van der Waals surface area contributed by atoms with Gasteiger partial charge in [-0.25, -0.2) is 9.18 Å². The Morgan fingerprint density at radius 1 is 1.55 bits per heavy atom. The van der Waals surface area contributed by atoms with Crippen LogP contribution >= 0.6 is 0 Å². The summed E-state index contributed by atoms with van der Waals surface area (Å²) in [5.74, 6) is -1.06. The van der Waals surface area contributed by atoms with Crippen LogP contribution in [0.2, 0.25) is 0 Å².